The fourth-order valence-corrected chi connectivity index (χ4v) is 2.99. The van der Waals surface area contributed by atoms with Crippen molar-refractivity contribution in [1.29, 1.82) is 0 Å². The van der Waals surface area contributed by atoms with E-state index in [0.717, 1.165) is 12.8 Å². The Kier molecular flexibility index (Phi) is 5.30. The van der Waals surface area contributed by atoms with Crippen molar-refractivity contribution in [2.45, 2.75) is 19.8 Å². The number of fused-ring (bicyclic) bond motifs is 1. The van der Waals surface area contributed by atoms with Crippen molar-refractivity contribution in [2.75, 3.05) is 6.54 Å². The van der Waals surface area contributed by atoms with Crippen molar-refractivity contribution < 1.29 is 19.1 Å². The quantitative estimate of drug-likeness (QED) is 0.424. The Balaban J connectivity index is 1.85. The van der Waals surface area contributed by atoms with Gasteiger partial charge in [0.25, 0.3) is 11.8 Å². The topological polar surface area (TPSA) is 63.7 Å². The molecule has 1 aliphatic rings. The van der Waals surface area contributed by atoms with Crippen LogP contribution >= 0.6 is 23.2 Å². The molecular weight excluding hydrogens is 377 g/mol. The highest BCUT2D eigenvalue weighted by Gasteiger charge is 2.35. The first-order chi connectivity index (χ1) is 12.4. The Labute approximate surface area is 160 Å². The largest absolute Gasteiger partial charge is 0.421 e. The van der Waals surface area contributed by atoms with E-state index in [9.17, 15) is 14.4 Å². The summed E-state index contributed by atoms with van der Waals surface area (Å²) in [5.41, 5.74) is 0.652. The predicted molar refractivity (Wildman–Crippen MR) is 98.1 cm³/mol. The Morgan fingerprint density at radius 2 is 1.81 bits per heavy atom. The second-order valence-electron chi connectivity index (χ2n) is 5.82. The molecule has 5 nitrogen and oxygen atoms in total. The fraction of sp³-hybridized carbons (Fsp3) is 0.211. The molecule has 0 atom stereocenters. The number of amides is 2. The number of carbonyl (C=O) groups excluding carboxylic acids is 3. The van der Waals surface area contributed by atoms with Gasteiger partial charge < -0.3 is 4.74 Å². The van der Waals surface area contributed by atoms with Crippen molar-refractivity contribution in [1.82, 2.24) is 4.90 Å². The lowest BCUT2D eigenvalue weighted by Crippen LogP contribution is -2.30. The molecule has 0 spiro atoms. The Hall–Kier alpha value is -2.37. The zero-order valence-corrected chi connectivity index (χ0v) is 15.4. The van der Waals surface area contributed by atoms with Gasteiger partial charge in [0.15, 0.2) is 5.75 Å². The maximum atomic E-state index is 12.5. The van der Waals surface area contributed by atoms with E-state index in [0.29, 0.717) is 12.1 Å². The van der Waals surface area contributed by atoms with Crippen LogP contribution in [0.25, 0.3) is 0 Å². The average molecular weight is 392 g/mol. The third kappa shape index (κ3) is 3.32. The lowest BCUT2D eigenvalue weighted by molar-refractivity contribution is 0.0651. The molecule has 0 radical (unpaired) electrons. The van der Waals surface area contributed by atoms with Gasteiger partial charge in [-0.25, -0.2) is 4.79 Å². The van der Waals surface area contributed by atoms with E-state index in [4.69, 9.17) is 27.9 Å². The summed E-state index contributed by atoms with van der Waals surface area (Å²) in [6, 6.07) is 8.99. The van der Waals surface area contributed by atoms with Crippen LogP contribution in [-0.2, 0) is 0 Å². The Morgan fingerprint density at radius 3 is 2.54 bits per heavy atom. The summed E-state index contributed by atoms with van der Waals surface area (Å²) in [6.45, 7) is 2.34. The van der Waals surface area contributed by atoms with E-state index in [2.05, 4.69) is 0 Å². The molecule has 2 aromatic rings. The number of carbonyl (C=O) groups is 3. The van der Waals surface area contributed by atoms with Crippen LogP contribution in [0.2, 0.25) is 10.0 Å². The monoisotopic (exact) mass is 391 g/mol. The van der Waals surface area contributed by atoms with Crippen LogP contribution in [-0.4, -0.2) is 29.2 Å². The van der Waals surface area contributed by atoms with E-state index in [1.165, 1.54) is 29.2 Å². The summed E-state index contributed by atoms with van der Waals surface area (Å²) in [7, 11) is 0. The number of hydrogen-bond donors (Lipinski definition) is 0. The molecule has 0 N–H and O–H groups in total. The smallest absolute Gasteiger partial charge is 0.343 e. The van der Waals surface area contributed by atoms with Crippen LogP contribution in [0.4, 0.5) is 0 Å². The zero-order valence-electron chi connectivity index (χ0n) is 13.9. The first-order valence-electron chi connectivity index (χ1n) is 8.10. The van der Waals surface area contributed by atoms with Gasteiger partial charge in [-0.15, -0.1) is 0 Å². The maximum absolute atomic E-state index is 12.5. The van der Waals surface area contributed by atoms with Crippen LogP contribution in [0, 0.1) is 0 Å². The van der Waals surface area contributed by atoms with Crippen LogP contribution in [0.3, 0.4) is 0 Å². The molecule has 134 valence electrons. The molecule has 0 bridgehead atoms. The number of hydrogen-bond acceptors (Lipinski definition) is 4. The molecule has 2 amide bonds. The molecule has 0 saturated carbocycles. The van der Waals surface area contributed by atoms with Crippen molar-refractivity contribution in [2.24, 2.45) is 0 Å². The number of benzene rings is 2. The number of imide groups is 1. The zero-order chi connectivity index (χ0) is 18.8. The van der Waals surface area contributed by atoms with E-state index < -0.39 is 11.9 Å². The second-order valence-corrected chi connectivity index (χ2v) is 6.60. The summed E-state index contributed by atoms with van der Waals surface area (Å²) in [5, 5.41) is 0.388. The van der Waals surface area contributed by atoms with E-state index in [-0.39, 0.29) is 32.8 Å². The molecule has 2 aromatic carbocycles. The maximum Gasteiger partial charge on any atom is 0.343 e. The van der Waals surface area contributed by atoms with Gasteiger partial charge in [0, 0.05) is 6.54 Å². The molecule has 0 saturated heterocycles. The van der Waals surface area contributed by atoms with Crippen LogP contribution in [0.5, 0.6) is 5.75 Å². The van der Waals surface area contributed by atoms with Crippen LogP contribution in [0.1, 0.15) is 50.8 Å². The Bertz CT molecular complexity index is 910. The van der Waals surface area contributed by atoms with E-state index in [1.54, 1.807) is 12.1 Å². The lowest BCUT2D eigenvalue weighted by Gasteiger charge is -2.12. The average Bonchev–Trinajstić information content (AvgIpc) is 2.87. The highest BCUT2D eigenvalue weighted by molar-refractivity contribution is 6.43. The molecule has 7 heteroatoms. The summed E-state index contributed by atoms with van der Waals surface area (Å²) in [5.74, 6) is -1.30. The molecule has 1 heterocycles. The van der Waals surface area contributed by atoms with E-state index in [1.807, 2.05) is 6.92 Å². The number of unbranched alkanes of at least 4 members (excludes halogenated alkanes) is 1. The number of rotatable bonds is 5. The van der Waals surface area contributed by atoms with Crippen LogP contribution in [0.15, 0.2) is 36.4 Å². The summed E-state index contributed by atoms with van der Waals surface area (Å²) < 4.78 is 5.26. The standard InChI is InChI=1S/C19H15Cl2NO4/c1-2-3-9-22-17(23)12-8-7-11(10-13(12)18(22)24)19(25)26-15-6-4-5-14(20)16(15)21/h4-8,10H,2-3,9H2,1H3. The molecule has 0 unspecified atom stereocenters. The number of nitrogens with zero attached hydrogens (tertiary/aromatic N) is 1. The van der Waals surface area contributed by atoms with Crippen molar-refractivity contribution in [3.8, 4) is 5.75 Å². The summed E-state index contributed by atoms with van der Waals surface area (Å²) in [6.07, 6.45) is 1.60. The van der Waals surface area contributed by atoms with Gasteiger partial charge in [-0.1, -0.05) is 42.6 Å². The van der Waals surface area contributed by atoms with Gasteiger partial charge in [0.2, 0.25) is 0 Å². The normalized spacial score (nSPS) is 13.1. The lowest BCUT2D eigenvalue weighted by atomic mass is 10.1. The van der Waals surface area contributed by atoms with Gasteiger partial charge in [-0.05, 0) is 36.8 Å². The minimum atomic E-state index is -0.691. The first kappa shape index (κ1) is 18.4. The second kappa shape index (κ2) is 7.48. The first-order valence-corrected chi connectivity index (χ1v) is 8.86. The third-order valence-electron chi connectivity index (χ3n) is 4.06. The molecular formula is C19H15Cl2NO4. The molecule has 3 rings (SSSR count). The third-order valence-corrected chi connectivity index (χ3v) is 4.86. The molecule has 0 aliphatic carbocycles. The van der Waals surface area contributed by atoms with Gasteiger partial charge in [0.05, 0.1) is 21.7 Å². The minimum Gasteiger partial charge on any atom is -0.421 e. The highest BCUT2D eigenvalue weighted by Crippen LogP contribution is 2.32. The summed E-state index contributed by atoms with van der Waals surface area (Å²) in [4.78, 5) is 38.4. The van der Waals surface area contributed by atoms with E-state index >= 15 is 0 Å². The van der Waals surface area contributed by atoms with Gasteiger partial charge in [-0.2, -0.15) is 0 Å². The van der Waals surface area contributed by atoms with Gasteiger partial charge in [-0.3, -0.25) is 14.5 Å². The van der Waals surface area contributed by atoms with Gasteiger partial charge in [0.1, 0.15) is 5.02 Å². The number of ether oxygens (including phenoxy) is 1. The number of esters is 1. The number of halogens is 2. The van der Waals surface area contributed by atoms with Crippen LogP contribution < -0.4 is 4.74 Å². The molecule has 26 heavy (non-hydrogen) atoms. The van der Waals surface area contributed by atoms with Crippen molar-refractivity contribution in [3.63, 3.8) is 0 Å². The molecule has 0 fully saturated rings. The van der Waals surface area contributed by atoms with Gasteiger partial charge >= 0.3 is 5.97 Å². The van der Waals surface area contributed by atoms with Crippen molar-refractivity contribution >= 4 is 41.0 Å². The predicted octanol–water partition coefficient (Wildman–Crippen LogP) is 4.61. The minimum absolute atomic E-state index is 0.122. The SMILES string of the molecule is CCCCN1C(=O)c2ccc(C(=O)Oc3cccc(Cl)c3Cl)cc2C1=O. The molecule has 0 aromatic heterocycles. The highest BCUT2D eigenvalue weighted by atomic mass is 35.5. The molecule has 1 aliphatic heterocycles. The fourth-order valence-electron chi connectivity index (χ4n) is 2.66. The van der Waals surface area contributed by atoms with Crippen molar-refractivity contribution in [3.05, 3.63) is 63.1 Å². The summed E-state index contributed by atoms with van der Waals surface area (Å²) >= 11 is 11.9. The Morgan fingerprint density at radius 1 is 1.08 bits per heavy atom.